The predicted octanol–water partition coefficient (Wildman–Crippen LogP) is 0.421. The highest BCUT2D eigenvalue weighted by molar-refractivity contribution is 6.35. The van der Waals surface area contributed by atoms with Gasteiger partial charge in [-0.3, -0.25) is 24.3 Å². The molecular formula is C20H20FN5O3. The molecule has 0 radical (unpaired) electrons. The number of benzene rings is 2. The molecule has 2 aromatic rings. The van der Waals surface area contributed by atoms with Crippen molar-refractivity contribution in [3.05, 3.63) is 66.0 Å². The fraction of sp³-hybridized carbons (Fsp3) is 0.250. The van der Waals surface area contributed by atoms with Crippen LogP contribution in [0.15, 0.2) is 54.6 Å². The predicted molar refractivity (Wildman–Crippen MR) is 102 cm³/mol. The summed E-state index contributed by atoms with van der Waals surface area (Å²) in [4.78, 5) is 40.6. The first-order chi connectivity index (χ1) is 14.0. The first-order valence-electron chi connectivity index (χ1n) is 9.24. The fourth-order valence-corrected chi connectivity index (χ4v) is 3.43. The normalized spacial score (nSPS) is 18.8. The van der Waals surface area contributed by atoms with Gasteiger partial charge in [0.2, 0.25) is 5.91 Å². The van der Waals surface area contributed by atoms with Crippen LogP contribution in [0.25, 0.3) is 0 Å². The molecule has 9 heteroatoms. The number of hydrogen-bond acceptors (Lipinski definition) is 5. The highest BCUT2D eigenvalue weighted by Gasteiger charge is 2.45. The standard InChI is InChI=1S/C20H20FN5O3/c21-15-8-6-14(7-9-15)12-22-17(27)13-26-19(29)18(28)25-11-10-24(20(25)23-26)16-4-2-1-3-5-16/h1-9,20,23H,10-13H2,(H,22,27). The molecule has 2 aromatic carbocycles. The average Bonchev–Trinajstić information content (AvgIpc) is 3.16. The Bertz CT molecular complexity index is 921. The highest BCUT2D eigenvalue weighted by Crippen LogP contribution is 2.24. The molecule has 2 saturated heterocycles. The van der Waals surface area contributed by atoms with Gasteiger partial charge >= 0.3 is 11.8 Å². The Labute approximate surface area is 166 Å². The Kier molecular flexibility index (Phi) is 5.13. The summed E-state index contributed by atoms with van der Waals surface area (Å²) < 4.78 is 13.0. The fourth-order valence-electron chi connectivity index (χ4n) is 3.43. The van der Waals surface area contributed by atoms with E-state index in [1.165, 1.54) is 17.0 Å². The van der Waals surface area contributed by atoms with Crippen LogP contribution < -0.4 is 15.6 Å². The number of hydrogen-bond donors (Lipinski definition) is 2. The largest absolute Gasteiger partial charge is 0.350 e. The van der Waals surface area contributed by atoms with Gasteiger partial charge in [0.25, 0.3) is 0 Å². The van der Waals surface area contributed by atoms with Crippen molar-refractivity contribution < 1.29 is 18.8 Å². The summed E-state index contributed by atoms with van der Waals surface area (Å²) in [5.74, 6) is -2.20. The minimum atomic E-state index is -0.770. The van der Waals surface area contributed by atoms with Crippen LogP contribution in [0.3, 0.4) is 0 Å². The van der Waals surface area contributed by atoms with E-state index in [-0.39, 0.29) is 18.9 Å². The number of anilines is 1. The Balaban J connectivity index is 1.41. The third kappa shape index (κ3) is 3.90. The lowest BCUT2D eigenvalue weighted by molar-refractivity contribution is -0.163. The summed E-state index contributed by atoms with van der Waals surface area (Å²) in [7, 11) is 0. The molecule has 0 bridgehead atoms. The molecule has 2 aliphatic rings. The summed E-state index contributed by atoms with van der Waals surface area (Å²) in [6, 6.07) is 15.3. The number of carbonyl (C=O) groups excluding carboxylic acids is 3. The van der Waals surface area contributed by atoms with E-state index < -0.39 is 24.0 Å². The summed E-state index contributed by atoms with van der Waals surface area (Å²) in [6.45, 7) is 0.882. The van der Waals surface area contributed by atoms with E-state index in [0.717, 1.165) is 16.3 Å². The summed E-state index contributed by atoms with van der Waals surface area (Å²) in [5.41, 5.74) is 4.63. The van der Waals surface area contributed by atoms with Gasteiger partial charge in [-0.1, -0.05) is 30.3 Å². The Morgan fingerprint density at radius 1 is 1.00 bits per heavy atom. The van der Waals surface area contributed by atoms with Gasteiger partial charge < -0.3 is 10.2 Å². The van der Waals surface area contributed by atoms with Crippen LogP contribution in [0, 0.1) is 5.82 Å². The van der Waals surface area contributed by atoms with E-state index in [1.54, 1.807) is 12.1 Å². The Morgan fingerprint density at radius 3 is 2.41 bits per heavy atom. The maximum absolute atomic E-state index is 13.0. The van der Waals surface area contributed by atoms with E-state index in [0.29, 0.717) is 13.1 Å². The zero-order valence-electron chi connectivity index (χ0n) is 15.5. The molecule has 4 rings (SSSR count). The van der Waals surface area contributed by atoms with Crippen molar-refractivity contribution in [2.24, 2.45) is 0 Å². The minimum Gasteiger partial charge on any atom is -0.350 e. The number of fused-ring (bicyclic) bond motifs is 1. The van der Waals surface area contributed by atoms with Crippen LogP contribution in [0.1, 0.15) is 5.56 Å². The van der Waals surface area contributed by atoms with Gasteiger partial charge in [-0.25, -0.2) is 4.39 Å². The second-order valence-corrected chi connectivity index (χ2v) is 6.82. The maximum Gasteiger partial charge on any atom is 0.326 e. The van der Waals surface area contributed by atoms with Gasteiger partial charge in [0.05, 0.1) is 0 Å². The third-order valence-corrected chi connectivity index (χ3v) is 4.93. The zero-order chi connectivity index (χ0) is 20.4. The Morgan fingerprint density at radius 2 is 1.69 bits per heavy atom. The first-order valence-corrected chi connectivity index (χ1v) is 9.24. The van der Waals surface area contributed by atoms with Crippen molar-refractivity contribution in [1.29, 1.82) is 0 Å². The molecule has 29 heavy (non-hydrogen) atoms. The van der Waals surface area contributed by atoms with Gasteiger partial charge in [0.1, 0.15) is 12.4 Å². The number of carbonyl (C=O) groups is 3. The van der Waals surface area contributed by atoms with E-state index in [2.05, 4.69) is 10.7 Å². The highest BCUT2D eigenvalue weighted by atomic mass is 19.1. The van der Waals surface area contributed by atoms with Crippen molar-refractivity contribution >= 4 is 23.4 Å². The molecule has 1 atom stereocenters. The van der Waals surface area contributed by atoms with Crippen LogP contribution in [0.2, 0.25) is 0 Å². The van der Waals surface area contributed by atoms with E-state index >= 15 is 0 Å². The number of nitrogens with one attached hydrogen (secondary N) is 2. The molecule has 2 heterocycles. The molecule has 2 aliphatic heterocycles. The number of amides is 3. The summed E-state index contributed by atoms with van der Waals surface area (Å²) in [5, 5.41) is 3.72. The Hall–Kier alpha value is -3.46. The average molecular weight is 397 g/mol. The SMILES string of the molecule is O=C(CN1NC2N(CCN2c2ccccc2)C(=O)C1=O)NCc1ccc(F)cc1. The van der Waals surface area contributed by atoms with Crippen molar-refractivity contribution in [3.63, 3.8) is 0 Å². The lowest BCUT2D eigenvalue weighted by atomic mass is 10.2. The lowest BCUT2D eigenvalue weighted by Crippen LogP contribution is -2.68. The van der Waals surface area contributed by atoms with Gasteiger partial charge in [0, 0.05) is 25.3 Å². The zero-order valence-corrected chi connectivity index (χ0v) is 15.5. The van der Waals surface area contributed by atoms with Crippen LogP contribution in [-0.4, -0.2) is 53.6 Å². The quantitative estimate of drug-likeness (QED) is 0.715. The first kappa shape index (κ1) is 18.9. The molecule has 0 aromatic heterocycles. The van der Waals surface area contributed by atoms with Crippen LogP contribution >= 0.6 is 0 Å². The molecule has 8 nitrogen and oxygen atoms in total. The van der Waals surface area contributed by atoms with Crippen LogP contribution in [0.5, 0.6) is 0 Å². The van der Waals surface area contributed by atoms with Crippen LogP contribution in [0.4, 0.5) is 10.1 Å². The number of nitrogens with zero attached hydrogens (tertiary/aromatic N) is 3. The second kappa shape index (κ2) is 7.88. The third-order valence-electron chi connectivity index (χ3n) is 4.93. The molecule has 2 N–H and O–H groups in total. The van der Waals surface area contributed by atoms with Crippen molar-refractivity contribution in [1.82, 2.24) is 20.7 Å². The second-order valence-electron chi connectivity index (χ2n) is 6.82. The van der Waals surface area contributed by atoms with Gasteiger partial charge in [-0.05, 0) is 29.8 Å². The van der Waals surface area contributed by atoms with E-state index in [9.17, 15) is 18.8 Å². The molecule has 2 fully saturated rings. The smallest absolute Gasteiger partial charge is 0.326 e. The number of para-hydroxylation sites is 1. The van der Waals surface area contributed by atoms with Gasteiger partial charge in [0.15, 0.2) is 6.29 Å². The molecule has 1 unspecified atom stereocenters. The molecular weight excluding hydrogens is 377 g/mol. The number of halogens is 1. The van der Waals surface area contributed by atoms with Crippen molar-refractivity contribution in [3.8, 4) is 0 Å². The molecule has 150 valence electrons. The molecule has 0 saturated carbocycles. The van der Waals surface area contributed by atoms with Crippen molar-refractivity contribution in [2.45, 2.75) is 12.8 Å². The maximum atomic E-state index is 13.0. The van der Waals surface area contributed by atoms with E-state index in [1.807, 2.05) is 35.2 Å². The topological polar surface area (TPSA) is 85.0 Å². The van der Waals surface area contributed by atoms with E-state index in [4.69, 9.17) is 0 Å². The molecule has 3 amide bonds. The number of rotatable bonds is 5. The molecule has 0 aliphatic carbocycles. The monoisotopic (exact) mass is 397 g/mol. The minimum absolute atomic E-state index is 0.195. The van der Waals surface area contributed by atoms with Gasteiger partial charge in [-0.2, -0.15) is 5.43 Å². The van der Waals surface area contributed by atoms with Crippen LogP contribution in [-0.2, 0) is 20.9 Å². The van der Waals surface area contributed by atoms with Crippen molar-refractivity contribution in [2.75, 3.05) is 24.5 Å². The van der Waals surface area contributed by atoms with Gasteiger partial charge in [-0.15, -0.1) is 0 Å². The molecule has 0 spiro atoms. The lowest BCUT2D eigenvalue weighted by Gasteiger charge is -2.40. The summed E-state index contributed by atoms with van der Waals surface area (Å²) in [6.07, 6.45) is -0.535. The number of hydrazine groups is 1. The summed E-state index contributed by atoms with van der Waals surface area (Å²) >= 11 is 0.